The van der Waals surface area contributed by atoms with Gasteiger partial charge in [0.15, 0.2) is 0 Å². The Balaban J connectivity index is 2.30. The average Bonchev–Trinajstić information content (AvgIpc) is 3.24. The van der Waals surface area contributed by atoms with Gasteiger partial charge in [-0.05, 0) is 67.5 Å². The summed E-state index contributed by atoms with van der Waals surface area (Å²) in [5.74, 6) is 0. The van der Waals surface area contributed by atoms with E-state index in [4.69, 9.17) is 29.8 Å². The summed E-state index contributed by atoms with van der Waals surface area (Å²) in [5, 5.41) is 9.54. The van der Waals surface area contributed by atoms with E-state index >= 15 is 0 Å². The van der Waals surface area contributed by atoms with Crippen molar-refractivity contribution in [3.05, 3.63) is 64.4 Å². The molecule has 0 saturated carbocycles. The summed E-state index contributed by atoms with van der Waals surface area (Å²) in [5.41, 5.74) is 5.20. The van der Waals surface area contributed by atoms with Crippen molar-refractivity contribution in [1.82, 2.24) is 0 Å². The maximum Gasteiger partial charge on any atom is 0.269 e. The van der Waals surface area contributed by atoms with Gasteiger partial charge in [0.05, 0.1) is 21.3 Å². The van der Waals surface area contributed by atoms with E-state index < -0.39 is 0 Å². The third-order valence-corrected chi connectivity index (χ3v) is 6.70. The van der Waals surface area contributed by atoms with Gasteiger partial charge in [-0.3, -0.25) is 0 Å². The van der Waals surface area contributed by atoms with E-state index in [0.717, 1.165) is 50.7 Å². The number of aryl methyl sites for hydroxylation is 2. The van der Waals surface area contributed by atoms with Crippen molar-refractivity contribution in [2.75, 3.05) is 0 Å². The molecule has 3 rings (SSSR count). The van der Waals surface area contributed by atoms with Crippen LogP contribution in [-0.4, -0.2) is 0 Å². The molecule has 2 aromatic heterocycles. The molecular weight excluding hydrogens is 391 g/mol. The van der Waals surface area contributed by atoms with Crippen LogP contribution in [0.5, 0.6) is 0 Å². The zero-order valence-corrected chi connectivity index (χ0v) is 16.9. The first-order chi connectivity index (χ1) is 12.0. The molecule has 0 fully saturated rings. The number of nitriles is 1. The fourth-order valence-corrected chi connectivity index (χ4v) is 5.74. The molecule has 25 heavy (non-hydrogen) atoms. The lowest BCUT2D eigenvalue weighted by Crippen LogP contribution is -1.95. The van der Waals surface area contributed by atoms with Crippen LogP contribution in [0, 0.1) is 31.8 Å². The van der Waals surface area contributed by atoms with Gasteiger partial charge in [-0.15, -0.1) is 22.7 Å². The predicted molar refractivity (Wildman–Crippen MR) is 108 cm³/mol. The second kappa shape index (κ2) is 7.36. The molecule has 0 bridgehead atoms. The molecule has 2 nitrogen and oxygen atoms in total. The Morgan fingerprint density at radius 2 is 1.84 bits per heavy atom. The largest absolute Gasteiger partial charge is 0.269 e. The molecule has 2 aromatic rings. The third-order valence-electron chi connectivity index (χ3n) is 4.34. The number of nitrogens with zero attached hydrogens (tertiary/aromatic N) is 2. The molecule has 0 unspecified atom stereocenters. The fourth-order valence-electron chi connectivity index (χ4n) is 3.33. The lowest BCUT2D eigenvalue weighted by Gasteiger charge is -2.13. The van der Waals surface area contributed by atoms with Crippen LogP contribution in [0.4, 0.5) is 0 Å². The van der Waals surface area contributed by atoms with Crippen LogP contribution >= 0.6 is 45.9 Å². The predicted octanol–water partition coefficient (Wildman–Crippen LogP) is 7.52. The van der Waals surface area contributed by atoms with Crippen LogP contribution in [0.2, 0.25) is 8.67 Å². The van der Waals surface area contributed by atoms with Crippen molar-refractivity contribution < 1.29 is 0 Å². The van der Waals surface area contributed by atoms with E-state index in [2.05, 4.69) is 17.8 Å². The molecule has 1 aliphatic rings. The fraction of sp³-hybridized carbons (Fsp3) is 0.263. The SMILES string of the molecule is [C-]#[N+]/C(C#N)=C(\C1=C(c2cc(Cl)sc2C)CCC1)c1cc(Cl)sc1C. The van der Waals surface area contributed by atoms with Gasteiger partial charge in [-0.1, -0.05) is 23.2 Å². The van der Waals surface area contributed by atoms with E-state index in [-0.39, 0.29) is 5.70 Å². The van der Waals surface area contributed by atoms with E-state index in [1.54, 1.807) is 11.3 Å². The smallest absolute Gasteiger partial charge is 0.226 e. The summed E-state index contributed by atoms with van der Waals surface area (Å²) < 4.78 is 1.43. The maximum absolute atomic E-state index is 9.54. The molecule has 0 spiro atoms. The van der Waals surface area contributed by atoms with E-state index in [1.807, 2.05) is 19.1 Å². The molecular formula is C19H14Cl2N2S2. The maximum atomic E-state index is 9.54. The number of thiophene rings is 2. The Morgan fingerprint density at radius 1 is 1.16 bits per heavy atom. The summed E-state index contributed by atoms with van der Waals surface area (Å²) in [6, 6.07) is 5.95. The van der Waals surface area contributed by atoms with Gasteiger partial charge >= 0.3 is 0 Å². The van der Waals surface area contributed by atoms with Gasteiger partial charge in [-0.2, -0.15) is 0 Å². The molecule has 0 atom stereocenters. The Bertz CT molecular complexity index is 978. The van der Waals surface area contributed by atoms with E-state index in [1.165, 1.54) is 21.8 Å². The highest BCUT2D eigenvalue weighted by Gasteiger charge is 2.26. The monoisotopic (exact) mass is 404 g/mol. The van der Waals surface area contributed by atoms with Gasteiger partial charge in [0.2, 0.25) is 0 Å². The quantitative estimate of drug-likeness (QED) is 0.383. The standard InChI is InChI=1S/C19H14Cl2N2S2/c1-10-14(7-17(20)24-10)12-5-4-6-13(12)19(16(9-22)23-3)15-8-18(21)25-11(15)2/h7-8H,4-6H2,1-2H3/b19-16+. The lowest BCUT2D eigenvalue weighted by molar-refractivity contribution is 0.922. The van der Waals surface area contributed by atoms with Gasteiger partial charge in [0.25, 0.3) is 5.70 Å². The van der Waals surface area contributed by atoms with Gasteiger partial charge in [-0.25, -0.2) is 10.1 Å². The zero-order valence-electron chi connectivity index (χ0n) is 13.7. The highest BCUT2D eigenvalue weighted by molar-refractivity contribution is 7.16. The Kier molecular flexibility index (Phi) is 5.37. The van der Waals surface area contributed by atoms with Crippen molar-refractivity contribution >= 4 is 57.0 Å². The van der Waals surface area contributed by atoms with Crippen LogP contribution in [0.15, 0.2) is 23.4 Å². The Hall–Kier alpha value is -1.56. The van der Waals surface area contributed by atoms with Crippen LogP contribution < -0.4 is 0 Å². The van der Waals surface area contributed by atoms with E-state index in [9.17, 15) is 5.26 Å². The van der Waals surface area contributed by atoms with Crippen LogP contribution in [0.25, 0.3) is 16.0 Å². The summed E-state index contributed by atoms with van der Waals surface area (Å²) in [6.45, 7) is 11.5. The normalized spacial score (nSPS) is 15.1. The summed E-state index contributed by atoms with van der Waals surface area (Å²) in [4.78, 5) is 5.70. The van der Waals surface area contributed by atoms with Gasteiger partial charge < -0.3 is 0 Å². The molecule has 126 valence electrons. The molecule has 0 amide bonds. The minimum atomic E-state index is 0.131. The minimum absolute atomic E-state index is 0.131. The Labute approximate surface area is 165 Å². The molecule has 0 aromatic carbocycles. The summed E-state index contributed by atoms with van der Waals surface area (Å²) >= 11 is 15.4. The first kappa shape index (κ1) is 18.2. The second-order valence-corrected chi connectivity index (χ2v) is 9.57. The Morgan fingerprint density at radius 3 is 2.36 bits per heavy atom. The zero-order chi connectivity index (χ0) is 18.1. The van der Waals surface area contributed by atoms with Gasteiger partial charge in [0.1, 0.15) is 0 Å². The number of hydrogen-bond acceptors (Lipinski definition) is 3. The minimum Gasteiger partial charge on any atom is -0.226 e. The van der Waals surface area contributed by atoms with Crippen molar-refractivity contribution in [2.24, 2.45) is 0 Å². The first-order valence-electron chi connectivity index (χ1n) is 7.73. The highest BCUT2D eigenvalue weighted by atomic mass is 35.5. The molecule has 0 N–H and O–H groups in total. The number of allylic oxidation sites excluding steroid dienone is 4. The highest BCUT2D eigenvalue weighted by Crippen LogP contribution is 2.47. The van der Waals surface area contributed by atoms with Crippen molar-refractivity contribution in [3.8, 4) is 6.07 Å². The van der Waals surface area contributed by atoms with E-state index in [0.29, 0.717) is 4.34 Å². The molecule has 1 aliphatic carbocycles. The molecule has 2 heterocycles. The second-order valence-electron chi connectivity index (χ2n) is 5.80. The van der Waals surface area contributed by atoms with Crippen LogP contribution in [-0.2, 0) is 0 Å². The average molecular weight is 405 g/mol. The number of halogens is 2. The number of rotatable bonds is 3. The molecule has 0 aliphatic heterocycles. The van der Waals surface area contributed by atoms with Gasteiger partial charge in [0, 0.05) is 15.3 Å². The molecule has 0 radical (unpaired) electrons. The summed E-state index contributed by atoms with van der Waals surface area (Å²) in [6.07, 6.45) is 2.79. The molecule has 0 saturated heterocycles. The lowest BCUT2D eigenvalue weighted by atomic mass is 9.91. The molecule has 6 heteroatoms. The first-order valence-corrected chi connectivity index (χ1v) is 10.1. The van der Waals surface area contributed by atoms with Crippen molar-refractivity contribution in [1.29, 1.82) is 5.26 Å². The van der Waals surface area contributed by atoms with Crippen LogP contribution in [0.3, 0.4) is 0 Å². The third kappa shape index (κ3) is 3.41. The topological polar surface area (TPSA) is 28.1 Å². The van der Waals surface area contributed by atoms with Crippen molar-refractivity contribution in [3.63, 3.8) is 0 Å². The number of hydrogen-bond donors (Lipinski definition) is 0. The van der Waals surface area contributed by atoms with Crippen molar-refractivity contribution in [2.45, 2.75) is 33.1 Å². The van der Waals surface area contributed by atoms with Crippen LogP contribution in [0.1, 0.15) is 40.1 Å². The summed E-state index contributed by atoms with van der Waals surface area (Å²) in [7, 11) is 0.